The summed E-state index contributed by atoms with van der Waals surface area (Å²) in [6, 6.07) is 0. The third-order valence-corrected chi connectivity index (χ3v) is 18.3. The van der Waals surface area contributed by atoms with Crippen molar-refractivity contribution in [2.45, 2.75) is 363 Å². The van der Waals surface area contributed by atoms with E-state index in [2.05, 4.69) is 55.4 Å². The van der Waals surface area contributed by atoms with E-state index in [9.17, 15) is 43.2 Å². The molecule has 3 N–H and O–H groups in total. The number of ether oxygens (including phenoxy) is 4. The van der Waals surface area contributed by atoms with E-state index in [0.29, 0.717) is 25.7 Å². The summed E-state index contributed by atoms with van der Waals surface area (Å²) in [5.41, 5.74) is 0. The first-order valence-corrected chi connectivity index (χ1v) is 39.2. The maximum Gasteiger partial charge on any atom is 0.472 e. The van der Waals surface area contributed by atoms with Gasteiger partial charge in [0.25, 0.3) is 0 Å². The fourth-order valence-corrected chi connectivity index (χ4v) is 12.0. The standard InChI is InChI=1S/C70H136O17P2/c1-9-63(8)49-41-33-28-29-35-43-51-68(73)81-57-66(87-70(75)53-45-37-27-20-14-13-17-23-31-39-47-61(4)5)59-85-89(78,79)83-55-64(71)54-82-88(76,77)84-58-65(56-80-67(72)50-42-34-25-21-15-18-24-32-40-48-62(6)7)86-69(74)52-44-36-26-19-12-10-11-16-22-30-38-46-60(2)3/h60-66,71H,9-59H2,1-8H3,(H,76,77)(H,78,79)/t63?,64-,65-,66-/m1/s1. The summed E-state index contributed by atoms with van der Waals surface area (Å²) in [7, 11) is -9.90. The molecule has 0 aliphatic carbocycles. The van der Waals surface area contributed by atoms with Crippen LogP contribution in [-0.4, -0.2) is 96.7 Å². The number of esters is 4. The van der Waals surface area contributed by atoms with Crippen LogP contribution >= 0.6 is 15.6 Å². The maximum atomic E-state index is 13.0. The van der Waals surface area contributed by atoms with Gasteiger partial charge in [-0.2, -0.15) is 0 Å². The smallest absolute Gasteiger partial charge is 0.462 e. The molecule has 0 rings (SSSR count). The Kier molecular flexibility index (Phi) is 58.5. The van der Waals surface area contributed by atoms with Crippen LogP contribution in [-0.2, 0) is 65.4 Å². The van der Waals surface area contributed by atoms with Gasteiger partial charge in [0, 0.05) is 25.7 Å². The molecule has 0 amide bonds. The van der Waals surface area contributed by atoms with Gasteiger partial charge in [0.15, 0.2) is 12.2 Å². The fraction of sp³-hybridized carbons (Fsp3) is 0.943. The summed E-state index contributed by atoms with van der Waals surface area (Å²) >= 11 is 0. The van der Waals surface area contributed by atoms with Crippen molar-refractivity contribution in [2.75, 3.05) is 39.6 Å². The van der Waals surface area contributed by atoms with Crippen LogP contribution in [0.1, 0.15) is 344 Å². The third-order valence-electron chi connectivity index (χ3n) is 16.4. The number of unbranched alkanes of at least 4 members (excludes halogenated alkanes) is 32. The van der Waals surface area contributed by atoms with Crippen molar-refractivity contribution in [3.63, 3.8) is 0 Å². The van der Waals surface area contributed by atoms with Crippen molar-refractivity contribution in [2.24, 2.45) is 23.7 Å². The highest BCUT2D eigenvalue weighted by Crippen LogP contribution is 2.45. The molecule has 3 unspecified atom stereocenters. The summed E-state index contributed by atoms with van der Waals surface area (Å²) < 4.78 is 68.3. The number of phosphoric acid groups is 2. The number of phosphoric ester groups is 2. The molecule has 0 aromatic heterocycles. The second-order valence-corrected chi connectivity index (χ2v) is 29.8. The Labute approximate surface area is 543 Å². The van der Waals surface area contributed by atoms with Gasteiger partial charge in [0.1, 0.15) is 19.3 Å². The molecular weight excluding hydrogens is 1170 g/mol. The van der Waals surface area contributed by atoms with E-state index in [1.54, 1.807) is 0 Å². The number of aliphatic hydroxyl groups is 1. The number of hydrogen-bond donors (Lipinski definition) is 3. The predicted octanol–water partition coefficient (Wildman–Crippen LogP) is 19.7. The van der Waals surface area contributed by atoms with Crippen LogP contribution < -0.4 is 0 Å². The van der Waals surface area contributed by atoms with Gasteiger partial charge >= 0.3 is 39.5 Å². The molecule has 0 radical (unpaired) electrons. The van der Waals surface area contributed by atoms with E-state index in [0.717, 1.165) is 120 Å². The average Bonchev–Trinajstić information content (AvgIpc) is 3.61. The van der Waals surface area contributed by atoms with E-state index in [1.165, 1.54) is 141 Å². The van der Waals surface area contributed by atoms with Gasteiger partial charge in [-0.1, -0.05) is 293 Å². The minimum absolute atomic E-state index is 0.104. The fourth-order valence-electron chi connectivity index (χ4n) is 10.5. The second kappa shape index (κ2) is 59.8. The van der Waals surface area contributed by atoms with Crippen LogP contribution in [0.3, 0.4) is 0 Å². The van der Waals surface area contributed by atoms with Crippen LogP contribution in [0.4, 0.5) is 0 Å². The average molecular weight is 1310 g/mol. The molecule has 0 fully saturated rings. The van der Waals surface area contributed by atoms with E-state index in [1.807, 2.05) is 0 Å². The van der Waals surface area contributed by atoms with Crippen LogP contribution in [0.25, 0.3) is 0 Å². The maximum absolute atomic E-state index is 13.0. The predicted molar refractivity (Wildman–Crippen MR) is 358 cm³/mol. The Hall–Kier alpha value is -1.94. The molecule has 0 bridgehead atoms. The molecule has 17 nitrogen and oxygen atoms in total. The molecule has 0 aromatic carbocycles. The van der Waals surface area contributed by atoms with Crippen LogP contribution in [0.15, 0.2) is 0 Å². The minimum atomic E-state index is -4.95. The molecule has 6 atom stereocenters. The topological polar surface area (TPSA) is 237 Å². The molecule has 0 spiro atoms. The monoisotopic (exact) mass is 1310 g/mol. The lowest BCUT2D eigenvalue weighted by atomic mass is 10.00. The molecular formula is C70H136O17P2. The SMILES string of the molecule is CCC(C)CCCCCCCCC(=O)OC[C@H](COP(=O)(O)OC[C@H](O)COP(=O)(O)OC[C@@H](COC(=O)CCCCCCCCCCCC(C)C)OC(=O)CCCCCCCCCCCCCC(C)C)OC(=O)CCCCCCCCCCCCC(C)C. The van der Waals surface area contributed by atoms with E-state index in [-0.39, 0.29) is 25.7 Å². The van der Waals surface area contributed by atoms with Crippen LogP contribution in [0, 0.1) is 23.7 Å². The third kappa shape index (κ3) is 63.2. The van der Waals surface area contributed by atoms with Gasteiger partial charge in [0.2, 0.25) is 0 Å². The molecule has 0 saturated carbocycles. The highest BCUT2D eigenvalue weighted by Gasteiger charge is 2.30. The minimum Gasteiger partial charge on any atom is -0.462 e. The summed E-state index contributed by atoms with van der Waals surface area (Å²) in [5, 5.41) is 10.6. The van der Waals surface area contributed by atoms with Gasteiger partial charge in [-0.05, 0) is 49.4 Å². The molecule has 0 aliphatic rings. The Morgan fingerprint density at radius 3 is 0.798 bits per heavy atom. The molecule has 528 valence electrons. The van der Waals surface area contributed by atoms with Crippen molar-refractivity contribution in [3.8, 4) is 0 Å². The summed E-state index contributed by atoms with van der Waals surface area (Å²) in [6.45, 7) is 14.1. The first kappa shape index (κ1) is 87.1. The van der Waals surface area contributed by atoms with Crippen molar-refractivity contribution < 1.29 is 80.2 Å². The highest BCUT2D eigenvalue weighted by molar-refractivity contribution is 7.47. The van der Waals surface area contributed by atoms with E-state index < -0.39 is 97.5 Å². The molecule has 0 heterocycles. The van der Waals surface area contributed by atoms with Crippen molar-refractivity contribution in [3.05, 3.63) is 0 Å². The normalized spacial score (nSPS) is 14.6. The number of rotatable bonds is 67. The first-order chi connectivity index (χ1) is 42.6. The van der Waals surface area contributed by atoms with Crippen molar-refractivity contribution in [1.29, 1.82) is 0 Å². The Morgan fingerprint density at radius 1 is 0.315 bits per heavy atom. The van der Waals surface area contributed by atoms with E-state index in [4.69, 9.17) is 37.0 Å². The number of hydrogen-bond acceptors (Lipinski definition) is 15. The van der Waals surface area contributed by atoms with Gasteiger partial charge in [-0.3, -0.25) is 37.3 Å². The second-order valence-electron chi connectivity index (χ2n) is 26.9. The lowest BCUT2D eigenvalue weighted by Crippen LogP contribution is -2.30. The first-order valence-electron chi connectivity index (χ1n) is 36.2. The Morgan fingerprint density at radius 2 is 0.539 bits per heavy atom. The van der Waals surface area contributed by atoms with Crippen molar-refractivity contribution >= 4 is 39.5 Å². The number of aliphatic hydroxyl groups excluding tert-OH is 1. The lowest BCUT2D eigenvalue weighted by Gasteiger charge is -2.21. The Balaban J connectivity index is 5.27. The van der Waals surface area contributed by atoms with Gasteiger partial charge in [-0.25, -0.2) is 9.13 Å². The zero-order chi connectivity index (χ0) is 66.1. The number of carbonyl (C=O) groups is 4. The lowest BCUT2D eigenvalue weighted by molar-refractivity contribution is -0.161. The number of carbonyl (C=O) groups excluding carboxylic acids is 4. The van der Waals surface area contributed by atoms with E-state index >= 15 is 0 Å². The zero-order valence-electron chi connectivity index (χ0n) is 58.1. The van der Waals surface area contributed by atoms with Gasteiger partial charge in [-0.15, -0.1) is 0 Å². The van der Waals surface area contributed by atoms with Crippen LogP contribution in [0.5, 0.6) is 0 Å². The summed E-state index contributed by atoms with van der Waals surface area (Å²) in [4.78, 5) is 72.5. The van der Waals surface area contributed by atoms with Gasteiger partial charge < -0.3 is 33.8 Å². The van der Waals surface area contributed by atoms with Gasteiger partial charge in [0.05, 0.1) is 26.4 Å². The summed E-state index contributed by atoms with van der Waals surface area (Å²) in [5.74, 6) is 0.862. The highest BCUT2D eigenvalue weighted by atomic mass is 31.2. The molecule has 0 saturated heterocycles. The Bertz CT molecular complexity index is 1770. The largest absolute Gasteiger partial charge is 0.472 e. The zero-order valence-corrected chi connectivity index (χ0v) is 59.8. The van der Waals surface area contributed by atoms with Crippen LogP contribution in [0.2, 0.25) is 0 Å². The molecule has 19 heteroatoms. The quantitative estimate of drug-likeness (QED) is 0.0222. The molecule has 89 heavy (non-hydrogen) atoms. The molecule has 0 aliphatic heterocycles. The van der Waals surface area contributed by atoms with Crippen molar-refractivity contribution in [1.82, 2.24) is 0 Å². The summed E-state index contributed by atoms with van der Waals surface area (Å²) in [6.07, 6.45) is 41.7. The molecule has 0 aromatic rings.